The molecule has 30 heavy (non-hydrogen) atoms. The molecule has 0 aliphatic heterocycles. The Morgan fingerprint density at radius 2 is 1.97 bits per heavy atom. The first-order chi connectivity index (χ1) is 14.0. The van der Waals surface area contributed by atoms with Gasteiger partial charge in [-0.2, -0.15) is 0 Å². The van der Waals surface area contributed by atoms with Crippen LogP contribution in [-0.2, 0) is 0 Å². The van der Waals surface area contributed by atoms with Crippen molar-refractivity contribution in [3.8, 4) is 0 Å². The maximum Gasteiger partial charge on any atom is 0.0811 e. The zero-order valence-electron chi connectivity index (χ0n) is 19.7. The Kier molecular flexibility index (Phi) is 7.37. The van der Waals surface area contributed by atoms with E-state index in [1.807, 2.05) is 13.8 Å². The van der Waals surface area contributed by atoms with Gasteiger partial charge >= 0.3 is 0 Å². The quantitative estimate of drug-likeness (QED) is 0.520. The van der Waals surface area contributed by atoms with E-state index in [1.54, 1.807) is 5.57 Å². The molecule has 3 N–H and O–H groups in total. The Hall–Kier alpha value is -0.900. The van der Waals surface area contributed by atoms with Crippen molar-refractivity contribution in [1.29, 1.82) is 0 Å². The molecule has 6 atom stereocenters. The van der Waals surface area contributed by atoms with E-state index in [9.17, 15) is 15.3 Å². The third kappa shape index (κ3) is 5.29. The molecule has 0 amide bonds. The van der Waals surface area contributed by atoms with Gasteiger partial charge in [0.15, 0.2) is 0 Å². The van der Waals surface area contributed by atoms with Crippen LogP contribution in [-0.4, -0.2) is 33.1 Å². The van der Waals surface area contributed by atoms with Gasteiger partial charge in [0.2, 0.25) is 0 Å². The van der Waals surface area contributed by atoms with E-state index in [-0.39, 0.29) is 0 Å². The molecule has 170 valence electrons. The Bertz CT molecular complexity index is 683. The lowest BCUT2D eigenvalue weighted by Crippen LogP contribution is -2.36. The van der Waals surface area contributed by atoms with E-state index in [0.717, 1.165) is 29.9 Å². The van der Waals surface area contributed by atoms with Gasteiger partial charge in [-0.15, -0.1) is 0 Å². The number of allylic oxidation sites excluding steroid dienone is 3. The summed E-state index contributed by atoms with van der Waals surface area (Å²) in [5.41, 5.74) is 3.17. The molecular formula is C27H44O3. The fourth-order valence-corrected chi connectivity index (χ4v) is 6.74. The molecule has 3 saturated carbocycles. The largest absolute Gasteiger partial charge is 0.393 e. The minimum absolute atomic E-state index is 0.374. The first-order valence-electron chi connectivity index (χ1n) is 12.2. The number of hydrogen-bond acceptors (Lipinski definition) is 3. The molecule has 0 aromatic rings. The normalized spacial score (nSPS) is 38.8. The van der Waals surface area contributed by atoms with Crippen LogP contribution in [0.2, 0.25) is 0 Å². The average molecular weight is 417 g/mol. The highest BCUT2D eigenvalue weighted by molar-refractivity contribution is 5.38. The van der Waals surface area contributed by atoms with Crippen molar-refractivity contribution < 1.29 is 15.3 Å². The number of aliphatic hydroxyl groups is 3. The van der Waals surface area contributed by atoms with Gasteiger partial charge in [-0.25, -0.2) is 0 Å². The van der Waals surface area contributed by atoms with Crippen LogP contribution in [0.1, 0.15) is 91.9 Å². The SMILES string of the molecule is C=C1/C(=C/C=C2/CCCC3(C)C2CCC3C(C)CCCC(C)(C)O)CC(O)C[C@@H]1O. The van der Waals surface area contributed by atoms with Crippen molar-refractivity contribution in [3.63, 3.8) is 0 Å². The smallest absolute Gasteiger partial charge is 0.0811 e. The van der Waals surface area contributed by atoms with Crippen LogP contribution in [0.5, 0.6) is 0 Å². The minimum atomic E-state index is -0.615. The molecule has 3 aliphatic carbocycles. The van der Waals surface area contributed by atoms with Gasteiger partial charge in [0.05, 0.1) is 17.8 Å². The highest BCUT2D eigenvalue weighted by Gasteiger charge is 2.50. The summed E-state index contributed by atoms with van der Waals surface area (Å²) in [6, 6.07) is 0. The lowest BCUT2D eigenvalue weighted by Gasteiger charge is -2.44. The van der Waals surface area contributed by atoms with E-state index in [2.05, 4.69) is 32.6 Å². The zero-order valence-corrected chi connectivity index (χ0v) is 19.7. The molecule has 3 heteroatoms. The standard InChI is InChI=1S/C27H44O3/c1-18(8-6-14-26(3,4)30)23-12-13-24-20(9-7-15-27(23,24)5)10-11-21-16-22(28)17-25(29)19(21)2/h10-11,18,22-25,28-30H,2,6-9,12-17H2,1,3-5H3/b20-10-,21-11+/t18?,22?,23?,24?,25-,27?/m0/s1. The predicted octanol–water partition coefficient (Wildman–Crippen LogP) is 5.70. The molecular weight excluding hydrogens is 372 g/mol. The first kappa shape index (κ1) is 23.8. The van der Waals surface area contributed by atoms with Crippen molar-refractivity contribution in [2.75, 3.05) is 0 Å². The Morgan fingerprint density at radius 3 is 2.67 bits per heavy atom. The fourth-order valence-electron chi connectivity index (χ4n) is 6.74. The van der Waals surface area contributed by atoms with Gasteiger partial charge in [0.1, 0.15) is 0 Å². The van der Waals surface area contributed by atoms with Gasteiger partial charge < -0.3 is 15.3 Å². The lowest BCUT2D eigenvalue weighted by molar-refractivity contribution is 0.0596. The molecule has 5 unspecified atom stereocenters. The number of hydrogen-bond donors (Lipinski definition) is 3. The molecule has 0 bridgehead atoms. The molecule has 3 aliphatic rings. The molecule has 3 rings (SSSR count). The van der Waals surface area contributed by atoms with E-state index in [4.69, 9.17) is 0 Å². The summed E-state index contributed by atoms with van der Waals surface area (Å²) in [5.74, 6) is 2.11. The van der Waals surface area contributed by atoms with E-state index < -0.39 is 17.8 Å². The molecule has 3 fully saturated rings. The van der Waals surface area contributed by atoms with Crippen LogP contribution in [0.3, 0.4) is 0 Å². The third-order valence-electron chi connectivity index (χ3n) is 8.44. The van der Waals surface area contributed by atoms with Gasteiger partial charge in [-0.05, 0) is 93.1 Å². The van der Waals surface area contributed by atoms with Crippen molar-refractivity contribution in [3.05, 3.63) is 35.5 Å². The minimum Gasteiger partial charge on any atom is -0.393 e. The molecule has 0 saturated heterocycles. The van der Waals surface area contributed by atoms with Gasteiger partial charge in [-0.1, -0.05) is 51.0 Å². The molecule has 0 spiro atoms. The summed E-state index contributed by atoms with van der Waals surface area (Å²) in [6.07, 6.45) is 13.9. The van der Waals surface area contributed by atoms with Crippen molar-refractivity contribution in [2.24, 2.45) is 23.2 Å². The van der Waals surface area contributed by atoms with Crippen LogP contribution in [0, 0.1) is 23.2 Å². The monoisotopic (exact) mass is 416 g/mol. The lowest BCUT2D eigenvalue weighted by atomic mass is 9.60. The summed E-state index contributed by atoms with van der Waals surface area (Å²) in [5, 5.41) is 30.2. The molecule has 0 radical (unpaired) electrons. The van der Waals surface area contributed by atoms with Crippen LogP contribution >= 0.6 is 0 Å². The van der Waals surface area contributed by atoms with Gasteiger partial charge in [0, 0.05) is 6.42 Å². The van der Waals surface area contributed by atoms with Crippen LogP contribution in [0.4, 0.5) is 0 Å². The molecule has 0 heterocycles. The Morgan fingerprint density at radius 1 is 1.23 bits per heavy atom. The maximum atomic E-state index is 10.1. The van der Waals surface area contributed by atoms with E-state index >= 15 is 0 Å². The van der Waals surface area contributed by atoms with Crippen LogP contribution in [0.25, 0.3) is 0 Å². The third-order valence-corrected chi connectivity index (χ3v) is 8.44. The van der Waals surface area contributed by atoms with Crippen LogP contribution in [0.15, 0.2) is 35.5 Å². The summed E-state index contributed by atoms with van der Waals surface area (Å²) in [7, 11) is 0. The zero-order chi connectivity index (χ0) is 22.1. The summed E-state index contributed by atoms with van der Waals surface area (Å²) in [4.78, 5) is 0. The average Bonchev–Trinajstić information content (AvgIpc) is 3.00. The van der Waals surface area contributed by atoms with Gasteiger partial charge in [0.25, 0.3) is 0 Å². The van der Waals surface area contributed by atoms with Crippen molar-refractivity contribution >= 4 is 0 Å². The Labute approximate surface area is 184 Å². The van der Waals surface area contributed by atoms with E-state index in [1.165, 1.54) is 38.5 Å². The number of rotatable bonds is 6. The second-order valence-corrected chi connectivity index (χ2v) is 11.3. The first-order valence-corrected chi connectivity index (χ1v) is 12.2. The van der Waals surface area contributed by atoms with Crippen LogP contribution < -0.4 is 0 Å². The van der Waals surface area contributed by atoms with Crippen molar-refractivity contribution in [1.82, 2.24) is 0 Å². The molecule has 3 nitrogen and oxygen atoms in total. The Balaban J connectivity index is 1.70. The predicted molar refractivity (Wildman–Crippen MR) is 124 cm³/mol. The summed E-state index contributed by atoms with van der Waals surface area (Å²) < 4.78 is 0. The summed E-state index contributed by atoms with van der Waals surface area (Å²) in [6.45, 7) is 12.8. The molecule has 0 aromatic carbocycles. The topological polar surface area (TPSA) is 60.7 Å². The van der Waals surface area contributed by atoms with E-state index in [0.29, 0.717) is 30.1 Å². The maximum absolute atomic E-state index is 10.1. The second kappa shape index (κ2) is 9.30. The van der Waals surface area contributed by atoms with Crippen molar-refractivity contribution in [2.45, 2.75) is 110 Å². The molecule has 0 aromatic heterocycles. The number of aliphatic hydroxyl groups excluding tert-OH is 2. The fraction of sp³-hybridized carbons (Fsp3) is 0.778. The van der Waals surface area contributed by atoms with Gasteiger partial charge in [-0.3, -0.25) is 0 Å². The number of fused-ring (bicyclic) bond motifs is 1. The summed E-state index contributed by atoms with van der Waals surface area (Å²) >= 11 is 0. The highest BCUT2D eigenvalue weighted by Crippen LogP contribution is 2.60. The highest BCUT2D eigenvalue weighted by atomic mass is 16.3. The second-order valence-electron chi connectivity index (χ2n) is 11.3.